The van der Waals surface area contributed by atoms with Crippen molar-refractivity contribution in [3.8, 4) is 0 Å². The quantitative estimate of drug-likeness (QED) is 0.813. The van der Waals surface area contributed by atoms with E-state index in [2.05, 4.69) is 5.32 Å². The van der Waals surface area contributed by atoms with Gasteiger partial charge < -0.3 is 10.1 Å². The van der Waals surface area contributed by atoms with Crippen LogP contribution in [0.3, 0.4) is 0 Å². The number of carbonyl (C=O) groups excluding carboxylic acids is 1. The summed E-state index contributed by atoms with van der Waals surface area (Å²) in [5.74, 6) is -4.14. The van der Waals surface area contributed by atoms with Gasteiger partial charge in [0.05, 0.1) is 12.1 Å². The Bertz CT molecular complexity index is 539. The zero-order valence-corrected chi connectivity index (χ0v) is 13.2. The Morgan fingerprint density at radius 1 is 1.39 bits per heavy atom. The number of benzene rings is 1. The summed E-state index contributed by atoms with van der Waals surface area (Å²) in [6.07, 6.45) is 1.98. The highest BCUT2D eigenvalue weighted by molar-refractivity contribution is 5.81. The van der Waals surface area contributed by atoms with Crippen LogP contribution in [-0.4, -0.2) is 43.2 Å². The lowest BCUT2D eigenvalue weighted by Crippen LogP contribution is -2.45. The van der Waals surface area contributed by atoms with Gasteiger partial charge in [-0.1, -0.05) is 0 Å². The van der Waals surface area contributed by atoms with E-state index in [4.69, 9.17) is 4.74 Å². The normalized spacial score (nSPS) is 19.1. The minimum Gasteiger partial charge on any atom is -0.376 e. The Morgan fingerprint density at radius 2 is 2.04 bits per heavy atom. The molecule has 2 atom stereocenters. The summed E-state index contributed by atoms with van der Waals surface area (Å²) in [5.41, 5.74) is 0.266. The molecule has 1 N–H and O–H groups in total. The van der Waals surface area contributed by atoms with E-state index < -0.39 is 23.5 Å². The minimum atomic E-state index is -1.49. The van der Waals surface area contributed by atoms with E-state index in [-0.39, 0.29) is 24.1 Å². The second-order valence-electron chi connectivity index (χ2n) is 5.84. The smallest absolute Gasteiger partial charge is 0.237 e. The lowest BCUT2D eigenvalue weighted by Gasteiger charge is -2.24. The zero-order valence-electron chi connectivity index (χ0n) is 13.2. The molecular weight excluding hydrogens is 309 g/mol. The molecule has 1 amide bonds. The minimum absolute atomic E-state index is 0.0525. The number of nitrogens with zero attached hydrogens (tertiary/aromatic N) is 1. The summed E-state index contributed by atoms with van der Waals surface area (Å²) in [4.78, 5) is 13.7. The van der Waals surface area contributed by atoms with Crippen molar-refractivity contribution in [3.05, 3.63) is 35.1 Å². The standard InChI is InChI=1S/C16H21F3N2O2/c1-10(16(22)20-8-12-4-3-5-23-12)21(2)9-11-6-13(17)15(19)14(18)7-11/h6-7,10,12H,3-5,8-9H2,1-2H3,(H,20,22). The number of carbonyl (C=O) groups is 1. The van der Waals surface area contributed by atoms with Crippen LogP contribution in [0.5, 0.6) is 0 Å². The maximum Gasteiger partial charge on any atom is 0.237 e. The molecule has 1 aromatic carbocycles. The molecule has 0 bridgehead atoms. The number of halogens is 3. The van der Waals surface area contributed by atoms with Crippen molar-refractivity contribution in [1.82, 2.24) is 10.2 Å². The average molecular weight is 330 g/mol. The number of nitrogens with one attached hydrogen (secondary N) is 1. The Labute approximate surface area is 133 Å². The SMILES string of the molecule is CC(C(=O)NCC1CCCO1)N(C)Cc1cc(F)c(F)c(F)c1. The van der Waals surface area contributed by atoms with Crippen LogP contribution in [0.2, 0.25) is 0 Å². The van der Waals surface area contributed by atoms with E-state index in [1.54, 1.807) is 18.9 Å². The van der Waals surface area contributed by atoms with Crippen LogP contribution in [-0.2, 0) is 16.1 Å². The van der Waals surface area contributed by atoms with Crippen molar-refractivity contribution in [2.45, 2.75) is 38.5 Å². The van der Waals surface area contributed by atoms with Crippen LogP contribution in [0, 0.1) is 17.5 Å². The molecule has 1 fully saturated rings. The fourth-order valence-corrected chi connectivity index (χ4v) is 2.49. The lowest BCUT2D eigenvalue weighted by molar-refractivity contribution is -0.126. The van der Waals surface area contributed by atoms with Crippen LogP contribution in [0.25, 0.3) is 0 Å². The fraction of sp³-hybridized carbons (Fsp3) is 0.562. The van der Waals surface area contributed by atoms with Crippen LogP contribution in [0.15, 0.2) is 12.1 Å². The molecule has 2 unspecified atom stereocenters. The molecule has 7 heteroatoms. The topological polar surface area (TPSA) is 41.6 Å². The second-order valence-corrected chi connectivity index (χ2v) is 5.84. The Balaban J connectivity index is 1.88. The van der Waals surface area contributed by atoms with Gasteiger partial charge in [-0.25, -0.2) is 13.2 Å². The van der Waals surface area contributed by atoms with Crippen molar-refractivity contribution in [2.75, 3.05) is 20.2 Å². The number of amides is 1. The van der Waals surface area contributed by atoms with Gasteiger partial charge in [0.15, 0.2) is 17.5 Å². The number of likely N-dealkylation sites (N-methyl/N-ethyl adjacent to an activating group) is 1. The van der Waals surface area contributed by atoms with E-state index in [1.165, 1.54) is 0 Å². The number of ether oxygens (including phenoxy) is 1. The summed E-state index contributed by atoms with van der Waals surface area (Å²) < 4.78 is 44.8. The molecule has 1 aliphatic heterocycles. The molecule has 1 aromatic rings. The van der Waals surface area contributed by atoms with Gasteiger partial charge in [0.2, 0.25) is 5.91 Å². The molecule has 0 radical (unpaired) electrons. The van der Waals surface area contributed by atoms with Crippen molar-refractivity contribution in [2.24, 2.45) is 0 Å². The fourth-order valence-electron chi connectivity index (χ4n) is 2.49. The number of hydrogen-bond acceptors (Lipinski definition) is 3. The monoisotopic (exact) mass is 330 g/mol. The molecule has 23 heavy (non-hydrogen) atoms. The summed E-state index contributed by atoms with van der Waals surface area (Å²) in [6.45, 7) is 3.00. The molecule has 1 heterocycles. The van der Waals surface area contributed by atoms with E-state index in [0.717, 1.165) is 31.6 Å². The van der Waals surface area contributed by atoms with Gasteiger partial charge in [0.25, 0.3) is 0 Å². The van der Waals surface area contributed by atoms with E-state index in [9.17, 15) is 18.0 Å². The number of hydrogen-bond donors (Lipinski definition) is 1. The highest BCUT2D eigenvalue weighted by Gasteiger charge is 2.22. The van der Waals surface area contributed by atoms with Gasteiger partial charge >= 0.3 is 0 Å². The van der Waals surface area contributed by atoms with Gasteiger partial charge in [0, 0.05) is 19.7 Å². The van der Waals surface area contributed by atoms with Crippen molar-refractivity contribution < 1.29 is 22.7 Å². The Kier molecular flexibility index (Phi) is 6.01. The predicted molar refractivity (Wildman–Crippen MR) is 79.2 cm³/mol. The van der Waals surface area contributed by atoms with Crippen molar-refractivity contribution in [3.63, 3.8) is 0 Å². The molecular formula is C16H21F3N2O2. The molecule has 0 aliphatic carbocycles. The lowest BCUT2D eigenvalue weighted by atomic mass is 10.1. The summed E-state index contributed by atoms with van der Waals surface area (Å²) in [6, 6.07) is 1.38. The molecule has 1 aliphatic rings. The van der Waals surface area contributed by atoms with E-state index >= 15 is 0 Å². The van der Waals surface area contributed by atoms with Crippen molar-refractivity contribution >= 4 is 5.91 Å². The highest BCUT2D eigenvalue weighted by atomic mass is 19.2. The molecule has 0 spiro atoms. The first-order valence-electron chi connectivity index (χ1n) is 7.61. The third-order valence-corrected chi connectivity index (χ3v) is 4.04. The highest BCUT2D eigenvalue weighted by Crippen LogP contribution is 2.16. The van der Waals surface area contributed by atoms with Crippen LogP contribution in [0.1, 0.15) is 25.3 Å². The van der Waals surface area contributed by atoms with Crippen LogP contribution in [0.4, 0.5) is 13.2 Å². The zero-order chi connectivity index (χ0) is 17.0. The second kappa shape index (κ2) is 7.79. The summed E-state index contributed by atoms with van der Waals surface area (Å²) in [7, 11) is 1.66. The van der Waals surface area contributed by atoms with Gasteiger partial charge in [-0.3, -0.25) is 9.69 Å². The predicted octanol–water partition coefficient (Wildman–Crippen LogP) is 2.22. The molecule has 128 valence electrons. The van der Waals surface area contributed by atoms with Gasteiger partial charge in [-0.05, 0) is 44.5 Å². The Morgan fingerprint density at radius 3 is 2.61 bits per heavy atom. The molecule has 1 saturated heterocycles. The maximum atomic E-state index is 13.2. The first-order valence-corrected chi connectivity index (χ1v) is 7.61. The van der Waals surface area contributed by atoms with E-state index in [0.29, 0.717) is 6.54 Å². The first-order chi connectivity index (χ1) is 10.9. The van der Waals surface area contributed by atoms with Gasteiger partial charge in [-0.2, -0.15) is 0 Å². The van der Waals surface area contributed by atoms with E-state index in [1.807, 2.05) is 0 Å². The average Bonchev–Trinajstić information content (AvgIpc) is 3.02. The maximum absolute atomic E-state index is 13.2. The van der Waals surface area contributed by atoms with Crippen LogP contribution < -0.4 is 5.32 Å². The largest absolute Gasteiger partial charge is 0.376 e. The third kappa shape index (κ3) is 4.68. The summed E-state index contributed by atoms with van der Waals surface area (Å²) in [5, 5.41) is 2.81. The third-order valence-electron chi connectivity index (χ3n) is 4.04. The molecule has 0 aromatic heterocycles. The Hall–Kier alpha value is -1.60. The van der Waals surface area contributed by atoms with Crippen molar-refractivity contribution in [1.29, 1.82) is 0 Å². The molecule has 0 saturated carbocycles. The van der Waals surface area contributed by atoms with Gasteiger partial charge in [-0.15, -0.1) is 0 Å². The molecule has 4 nitrogen and oxygen atoms in total. The molecule has 2 rings (SSSR count). The van der Waals surface area contributed by atoms with Crippen LogP contribution >= 0.6 is 0 Å². The first kappa shape index (κ1) is 17.7. The summed E-state index contributed by atoms with van der Waals surface area (Å²) >= 11 is 0. The number of rotatable bonds is 6. The van der Waals surface area contributed by atoms with Gasteiger partial charge in [0.1, 0.15) is 0 Å².